The summed E-state index contributed by atoms with van der Waals surface area (Å²) in [4.78, 5) is 11.9. The summed E-state index contributed by atoms with van der Waals surface area (Å²) >= 11 is 1.27. The Hall–Kier alpha value is -2.02. The van der Waals surface area contributed by atoms with Gasteiger partial charge in [0.05, 0.1) is 11.9 Å². The smallest absolute Gasteiger partial charge is 0.277 e. The lowest BCUT2D eigenvalue weighted by Gasteiger charge is -2.08. The van der Waals surface area contributed by atoms with Crippen LogP contribution in [0.1, 0.15) is 26.7 Å². The lowest BCUT2D eigenvalue weighted by Crippen LogP contribution is -2.32. The molecule has 1 aliphatic carbocycles. The quantitative estimate of drug-likeness (QED) is 0.785. The van der Waals surface area contributed by atoms with Crippen molar-refractivity contribution in [2.75, 3.05) is 6.61 Å². The van der Waals surface area contributed by atoms with Gasteiger partial charge in [-0.05, 0) is 51.0 Å². The van der Waals surface area contributed by atoms with Gasteiger partial charge in [-0.2, -0.15) is 0 Å². The van der Waals surface area contributed by atoms with E-state index in [1.165, 1.54) is 11.8 Å². The Bertz CT molecular complexity index is 667. The number of aromatic nitrogens is 2. The zero-order valence-corrected chi connectivity index (χ0v) is 13.9. The number of thioether (sulfide) groups is 1. The second-order valence-corrected chi connectivity index (χ2v) is 6.67. The van der Waals surface area contributed by atoms with E-state index in [4.69, 9.17) is 9.15 Å². The Morgan fingerprint density at radius 1 is 1.39 bits per heavy atom. The van der Waals surface area contributed by atoms with Gasteiger partial charge in [0.15, 0.2) is 0 Å². The number of hydrogen-bond donors (Lipinski definition) is 1. The van der Waals surface area contributed by atoms with Crippen LogP contribution in [0.5, 0.6) is 5.75 Å². The van der Waals surface area contributed by atoms with Crippen molar-refractivity contribution in [3.63, 3.8) is 0 Å². The first-order valence-electron chi connectivity index (χ1n) is 7.69. The third kappa shape index (κ3) is 4.25. The highest BCUT2D eigenvalue weighted by Gasteiger charge is 2.27. The average Bonchev–Trinajstić information content (AvgIpc) is 3.24. The number of ether oxygens (including phenoxy) is 1. The van der Waals surface area contributed by atoms with Gasteiger partial charge < -0.3 is 14.5 Å². The Labute approximate surface area is 139 Å². The number of carbonyl (C=O) groups is 1. The van der Waals surface area contributed by atoms with Crippen molar-refractivity contribution < 1.29 is 13.9 Å². The summed E-state index contributed by atoms with van der Waals surface area (Å²) in [6.07, 6.45) is 2.15. The highest BCUT2D eigenvalue weighted by atomic mass is 32.2. The molecule has 3 rings (SSSR count). The molecule has 1 aromatic carbocycles. The summed E-state index contributed by atoms with van der Waals surface area (Å²) in [5, 5.41) is 11.1. The minimum atomic E-state index is -0.260. The van der Waals surface area contributed by atoms with Crippen LogP contribution in [-0.4, -0.2) is 34.0 Å². The van der Waals surface area contributed by atoms with E-state index in [2.05, 4.69) is 15.5 Å². The monoisotopic (exact) mass is 333 g/mol. The number of amides is 1. The van der Waals surface area contributed by atoms with Crippen molar-refractivity contribution >= 4 is 17.7 Å². The predicted octanol–water partition coefficient (Wildman–Crippen LogP) is 2.89. The van der Waals surface area contributed by atoms with Crippen LogP contribution in [0.4, 0.5) is 0 Å². The minimum absolute atomic E-state index is 0.0123. The molecule has 7 heteroatoms. The summed E-state index contributed by atoms with van der Waals surface area (Å²) in [7, 11) is 0. The van der Waals surface area contributed by atoms with Crippen molar-refractivity contribution in [1.82, 2.24) is 15.5 Å². The number of rotatable bonds is 7. The van der Waals surface area contributed by atoms with Crippen LogP contribution >= 0.6 is 11.8 Å². The molecule has 1 heterocycles. The third-order valence-electron chi connectivity index (χ3n) is 3.39. The molecule has 1 N–H and O–H groups in total. The second-order valence-electron chi connectivity index (χ2n) is 5.37. The fourth-order valence-corrected chi connectivity index (χ4v) is 2.68. The first kappa shape index (κ1) is 15.9. The van der Waals surface area contributed by atoms with Gasteiger partial charge in [0, 0.05) is 11.6 Å². The van der Waals surface area contributed by atoms with Crippen LogP contribution in [0.15, 0.2) is 33.9 Å². The maximum Gasteiger partial charge on any atom is 0.277 e. The molecular weight excluding hydrogens is 314 g/mol. The van der Waals surface area contributed by atoms with Gasteiger partial charge in [0.1, 0.15) is 5.75 Å². The Morgan fingerprint density at radius 2 is 2.13 bits per heavy atom. The summed E-state index contributed by atoms with van der Waals surface area (Å²) in [5.41, 5.74) is 0.822. The van der Waals surface area contributed by atoms with Crippen molar-refractivity contribution in [2.45, 2.75) is 43.2 Å². The molecule has 1 aliphatic rings. The number of nitrogens with zero attached hydrogens (tertiary/aromatic N) is 2. The summed E-state index contributed by atoms with van der Waals surface area (Å²) in [5.74, 6) is 1.25. The molecule has 1 aromatic heterocycles. The van der Waals surface area contributed by atoms with E-state index in [1.54, 1.807) is 0 Å². The zero-order valence-electron chi connectivity index (χ0n) is 13.1. The lowest BCUT2D eigenvalue weighted by atomic mass is 10.2. The summed E-state index contributed by atoms with van der Waals surface area (Å²) in [6, 6.07) is 7.82. The van der Waals surface area contributed by atoms with Crippen molar-refractivity contribution in [3.05, 3.63) is 24.3 Å². The molecule has 1 atom stereocenters. The number of benzene rings is 1. The van der Waals surface area contributed by atoms with Gasteiger partial charge in [-0.1, -0.05) is 11.8 Å². The molecule has 6 nitrogen and oxygen atoms in total. The molecule has 0 aliphatic heterocycles. The molecule has 1 fully saturated rings. The minimum Gasteiger partial charge on any atom is -0.494 e. The molecule has 1 saturated carbocycles. The van der Waals surface area contributed by atoms with E-state index < -0.39 is 0 Å². The first-order valence-corrected chi connectivity index (χ1v) is 8.57. The highest BCUT2D eigenvalue weighted by Crippen LogP contribution is 2.28. The van der Waals surface area contributed by atoms with E-state index in [0.29, 0.717) is 23.8 Å². The van der Waals surface area contributed by atoms with Crippen molar-refractivity contribution in [3.8, 4) is 17.2 Å². The topological polar surface area (TPSA) is 77.2 Å². The second kappa shape index (κ2) is 7.04. The molecule has 23 heavy (non-hydrogen) atoms. The molecule has 0 saturated heterocycles. The van der Waals surface area contributed by atoms with E-state index >= 15 is 0 Å². The van der Waals surface area contributed by atoms with Gasteiger partial charge in [-0.15, -0.1) is 10.2 Å². The van der Waals surface area contributed by atoms with Crippen LogP contribution in [0.25, 0.3) is 11.5 Å². The van der Waals surface area contributed by atoms with E-state index in [-0.39, 0.29) is 11.2 Å². The summed E-state index contributed by atoms with van der Waals surface area (Å²) in [6.45, 7) is 4.40. The molecular formula is C16H19N3O3S. The SMILES string of the molecule is CCOc1ccc(-c2nnc(S[C@@H](C)C(=O)NC3CC3)o2)cc1. The average molecular weight is 333 g/mol. The van der Waals surface area contributed by atoms with Crippen molar-refractivity contribution in [1.29, 1.82) is 0 Å². The van der Waals surface area contributed by atoms with Gasteiger partial charge in [0.25, 0.3) is 5.22 Å². The fourth-order valence-electron chi connectivity index (χ4n) is 1.99. The highest BCUT2D eigenvalue weighted by molar-refractivity contribution is 8.00. The number of hydrogen-bond acceptors (Lipinski definition) is 6. The van der Waals surface area contributed by atoms with Gasteiger partial charge >= 0.3 is 0 Å². The molecule has 0 spiro atoms. The van der Waals surface area contributed by atoms with Crippen LogP contribution in [0.3, 0.4) is 0 Å². The predicted molar refractivity (Wildman–Crippen MR) is 87.4 cm³/mol. The molecule has 1 amide bonds. The van der Waals surface area contributed by atoms with Crippen molar-refractivity contribution in [2.24, 2.45) is 0 Å². The maximum absolute atomic E-state index is 11.9. The van der Waals surface area contributed by atoms with Crippen LogP contribution in [0, 0.1) is 0 Å². The first-order chi connectivity index (χ1) is 11.2. The van der Waals surface area contributed by atoms with E-state index in [0.717, 1.165) is 24.2 Å². The maximum atomic E-state index is 11.9. The lowest BCUT2D eigenvalue weighted by molar-refractivity contribution is -0.120. The molecule has 0 radical (unpaired) electrons. The molecule has 2 aromatic rings. The fraction of sp³-hybridized carbons (Fsp3) is 0.438. The molecule has 0 bridgehead atoms. The largest absolute Gasteiger partial charge is 0.494 e. The standard InChI is InChI=1S/C16H19N3O3S/c1-3-21-13-8-4-11(5-9-13)15-18-19-16(22-15)23-10(2)14(20)17-12-6-7-12/h4-5,8-10,12H,3,6-7H2,1-2H3,(H,17,20)/t10-/m0/s1. The van der Waals surface area contributed by atoms with E-state index in [9.17, 15) is 4.79 Å². The van der Waals surface area contributed by atoms with Gasteiger partial charge in [0.2, 0.25) is 11.8 Å². The van der Waals surface area contributed by atoms with Crippen LogP contribution in [0.2, 0.25) is 0 Å². The van der Waals surface area contributed by atoms with E-state index in [1.807, 2.05) is 38.1 Å². The molecule has 122 valence electrons. The number of nitrogens with one attached hydrogen (secondary N) is 1. The Balaban J connectivity index is 1.61. The zero-order chi connectivity index (χ0) is 16.2. The number of carbonyl (C=O) groups excluding carboxylic acids is 1. The Morgan fingerprint density at radius 3 is 2.78 bits per heavy atom. The normalized spacial score (nSPS) is 15.2. The Kier molecular flexibility index (Phi) is 4.85. The molecule has 0 unspecified atom stereocenters. The van der Waals surface area contributed by atoms with Gasteiger partial charge in [-0.3, -0.25) is 4.79 Å². The van der Waals surface area contributed by atoms with Crippen LogP contribution in [-0.2, 0) is 4.79 Å². The third-order valence-corrected chi connectivity index (χ3v) is 4.32. The summed E-state index contributed by atoms with van der Waals surface area (Å²) < 4.78 is 11.0. The van der Waals surface area contributed by atoms with Crippen LogP contribution < -0.4 is 10.1 Å². The van der Waals surface area contributed by atoms with Gasteiger partial charge in [-0.25, -0.2) is 0 Å².